The number of rotatable bonds is 5. The lowest BCUT2D eigenvalue weighted by atomic mass is 10.2. The van der Waals surface area contributed by atoms with Crippen LogP contribution in [0.15, 0.2) is 36.7 Å². The number of amides is 2. The molecule has 0 spiro atoms. The zero-order chi connectivity index (χ0) is 24.9. The van der Waals surface area contributed by atoms with E-state index in [2.05, 4.69) is 20.3 Å². The summed E-state index contributed by atoms with van der Waals surface area (Å²) in [6.07, 6.45) is 2.47. The molecule has 3 aromatic heterocycles. The first kappa shape index (κ1) is 23.7. The summed E-state index contributed by atoms with van der Waals surface area (Å²) in [6.45, 7) is 6.03. The van der Waals surface area contributed by atoms with Crippen LogP contribution >= 0.6 is 0 Å². The fraction of sp³-hybridized carbons (Fsp3) is 0.333. The summed E-state index contributed by atoms with van der Waals surface area (Å²) >= 11 is 0. The van der Waals surface area contributed by atoms with Crippen molar-refractivity contribution in [2.45, 2.75) is 26.5 Å². The molecule has 11 nitrogen and oxygen atoms in total. The van der Waals surface area contributed by atoms with E-state index in [1.165, 1.54) is 12.4 Å². The zero-order valence-corrected chi connectivity index (χ0v) is 19.4. The monoisotopic (exact) mass is 475 g/mol. The molecule has 1 aliphatic rings. The molecule has 1 aliphatic heterocycles. The molecule has 4 heterocycles. The van der Waals surface area contributed by atoms with Gasteiger partial charge in [-0.15, -0.1) is 0 Å². The molecular formula is C24H25N7O4. The molecule has 0 aliphatic carbocycles. The summed E-state index contributed by atoms with van der Waals surface area (Å²) in [5.74, 6) is -0.0958. The summed E-state index contributed by atoms with van der Waals surface area (Å²) in [6, 6.07) is 8.67. The van der Waals surface area contributed by atoms with Crippen molar-refractivity contribution in [1.82, 2.24) is 25.2 Å². The number of aromatic hydroxyl groups is 1. The zero-order valence-electron chi connectivity index (χ0n) is 19.4. The van der Waals surface area contributed by atoms with E-state index in [0.717, 1.165) is 0 Å². The standard InChI is InChI=1S/C24H25N7O4/c1-15(2)35-24(34)31-9-7-30(8-10-31)20-6-5-18-19(29-20)14-27-21(22(18)32)23(33)28-13-16-3-4-17(11-25)26-12-16/h3-6,12,14-15,32H,7-10,13H2,1-2H3,(H,28,33). The molecule has 2 amide bonds. The smallest absolute Gasteiger partial charge is 0.410 e. The third kappa shape index (κ3) is 5.38. The maximum absolute atomic E-state index is 12.6. The number of hydrogen-bond donors (Lipinski definition) is 2. The fourth-order valence-electron chi connectivity index (χ4n) is 3.68. The minimum atomic E-state index is -0.540. The van der Waals surface area contributed by atoms with Gasteiger partial charge < -0.3 is 25.0 Å². The Labute approximate surface area is 202 Å². The Bertz CT molecular complexity index is 1280. The SMILES string of the molecule is CC(C)OC(=O)N1CCN(c2ccc3c(O)c(C(=O)NCc4ccc(C#N)nc4)ncc3n2)CC1. The Hall–Kier alpha value is -4.46. The van der Waals surface area contributed by atoms with Gasteiger partial charge in [-0.2, -0.15) is 5.26 Å². The van der Waals surface area contributed by atoms with Crippen molar-refractivity contribution >= 4 is 28.7 Å². The van der Waals surface area contributed by atoms with Gasteiger partial charge in [-0.25, -0.2) is 19.7 Å². The maximum atomic E-state index is 12.6. The predicted molar refractivity (Wildman–Crippen MR) is 127 cm³/mol. The van der Waals surface area contributed by atoms with Crippen LogP contribution in [-0.4, -0.2) is 69.2 Å². The molecule has 0 unspecified atom stereocenters. The molecule has 0 radical (unpaired) electrons. The summed E-state index contributed by atoms with van der Waals surface area (Å²) < 4.78 is 5.25. The highest BCUT2D eigenvalue weighted by Crippen LogP contribution is 2.28. The summed E-state index contributed by atoms with van der Waals surface area (Å²) in [5, 5.41) is 22.6. The number of piperazine rings is 1. The second-order valence-corrected chi connectivity index (χ2v) is 8.31. The molecule has 180 valence electrons. The topological polar surface area (TPSA) is 145 Å². The molecule has 3 aromatic rings. The Morgan fingerprint density at radius 3 is 2.57 bits per heavy atom. The van der Waals surface area contributed by atoms with Crippen LogP contribution in [-0.2, 0) is 11.3 Å². The van der Waals surface area contributed by atoms with Crippen molar-refractivity contribution in [2.24, 2.45) is 0 Å². The maximum Gasteiger partial charge on any atom is 0.410 e. The van der Waals surface area contributed by atoms with Gasteiger partial charge in [0.1, 0.15) is 17.6 Å². The molecule has 11 heteroatoms. The van der Waals surface area contributed by atoms with Gasteiger partial charge in [-0.1, -0.05) is 6.07 Å². The van der Waals surface area contributed by atoms with E-state index < -0.39 is 5.91 Å². The first-order chi connectivity index (χ1) is 16.9. The van der Waals surface area contributed by atoms with Gasteiger partial charge in [0.15, 0.2) is 11.4 Å². The van der Waals surface area contributed by atoms with Crippen molar-refractivity contribution in [2.75, 3.05) is 31.1 Å². The average Bonchev–Trinajstić information content (AvgIpc) is 2.87. The number of hydrogen-bond acceptors (Lipinski definition) is 9. The number of fused-ring (bicyclic) bond motifs is 1. The van der Waals surface area contributed by atoms with Gasteiger partial charge in [0, 0.05) is 44.3 Å². The van der Waals surface area contributed by atoms with E-state index in [-0.39, 0.29) is 35.9 Å². The molecule has 0 atom stereocenters. The van der Waals surface area contributed by atoms with Crippen LogP contribution in [0.3, 0.4) is 0 Å². The number of carbonyl (C=O) groups excluding carboxylic acids is 2. The third-order valence-corrected chi connectivity index (χ3v) is 5.51. The van der Waals surface area contributed by atoms with Gasteiger partial charge in [0.2, 0.25) is 0 Å². The summed E-state index contributed by atoms with van der Waals surface area (Å²) in [7, 11) is 0. The quantitative estimate of drug-likeness (QED) is 0.567. The highest BCUT2D eigenvalue weighted by molar-refractivity contribution is 6.00. The fourth-order valence-corrected chi connectivity index (χ4v) is 3.68. The van der Waals surface area contributed by atoms with Gasteiger partial charge >= 0.3 is 6.09 Å². The molecule has 4 rings (SSSR count). The van der Waals surface area contributed by atoms with Crippen molar-refractivity contribution in [1.29, 1.82) is 5.26 Å². The Balaban J connectivity index is 1.42. The van der Waals surface area contributed by atoms with Crippen LogP contribution in [0.2, 0.25) is 0 Å². The molecule has 35 heavy (non-hydrogen) atoms. The van der Waals surface area contributed by atoms with Crippen LogP contribution in [0.5, 0.6) is 5.75 Å². The van der Waals surface area contributed by atoms with Crippen molar-refractivity contribution in [3.8, 4) is 11.8 Å². The number of aromatic nitrogens is 3. The Kier molecular flexibility index (Phi) is 6.91. The van der Waals surface area contributed by atoms with Crippen LogP contribution in [0.1, 0.15) is 35.6 Å². The number of anilines is 1. The highest BCUT2D eigenvalue weighted by Gasteiger charge is 2.24. The average molecular weight is 476 g/mol. The first-order valence-electron chi connectivity index (χ1n) is 11.2. The van der Waals surface area contributed by atoms with Crippen LogP contribution in [0, 0.1) is 11.3 Å². The van der Waals surface area contributed by atoms with Crippen LogP contribution in [0.25, 0.3) is 10.9 Å². The lowest BCUT2D eigenvalue weighted by Crippen LogP contribution is -2.49. The van der Waals surface area contributed by atoms with Crippen LogP contribution in [0.4, 0.5) is 10.6 Å². The van der Waals surface area contributed by atoms with E-state index in [0.29, 0.717) is 48.5 Å². The molecule has 0 saturated carbocycles. The number of pyridine rings is 3. The molecule has 0 bridgehead atoms. The molecule has 1 saturated heterocycles. The van der Waals surface area contributed by atoms with E-state index in [1.807, 2.05) is 24.8 Å². The van der Waals surface area contributed by atoms with E-state index >= 15 is 0 Å². The van der Waals surface area contributed by atoms with Crippen LogP contribution < -0.4 is 10.2 Å². The number of carbonyl (C=O) groups is 2. The van der Waals surface area contributed by atoms with Crippen molar-refractivity contribution in [3.05, 3.63) is 53.6 Å². The Morgan fingerprint density at radius 1 is 1.14 bits per heavy atom. The lowest BCUT2D eigenvalue weighted by molar-refractivity contribution is 0.0750. The summed E-state index contributed by atoms with van der Waals surface area (Å²) in [5.41, 5.74) is 1.35. The van der Waals surface area contributed by atoms with Gasteiger partial charge in [-0.3, -0.25) is 4.79 Å². The van der Waals surface area contributed by atoms with Crippen molar-refractivity contribution in [3.63, 3.8) is 0 Å². The first-order valence-corrected chi connectivity index (χ1v) is 11.2. The molecule has 1 fully saturated rings. The highest BCUT2D eigenvalue weighted by atomic mass is 16.6. The largest absolute Gasteiger partial charge is 0.505 e. The second kappa shape index (κ2) is 10.2. The van der Waals surface area contributed by atoms with Gasteiger partial charge in [0.25, 0.3) is 5.91 Å². The van der Waals surface area contributed by atoms with Gasteiger partial charge in [-0.05, 0) is 37.6 Å². The minimum Gasteiger partial charge on any atom is -0.505 e. The molecule has 2 N–H and O–H groups in total. The van der Waals surface area contributed by atoms with E-state index in [1.54, 1.807) is 29.2 Å². The second-order valence-electron chi connectivity index (χ2n) is 8.31. The lowest BCUT2D eigenvalue weighted by Gasteiger charge is -2.35. The molecule has 0 aromatic carbocycles. The minimum absolute atomic E-state index is 0.106. The number of ether oxygens (including phenoxy) is 1. The van der Waals surface area contributed by atoms with E-state index in [4.69, 9.17) is 10.00 Å². The molecular weight excluding hydrogens is 450 g/mol. The van der Waals surface area contributed by atoms with E-state index in [9.17, 15) is 14.7 Å². The van der Waals surface area contributed by atoms with Crippen molar-refractivity contribution < 1.29 is 19.4 Å². The Morgan fingerprint density at radius 2 is 1.91 bits per heavy atom. The number of nitrogens with one attached hydrogen (secondary N) is 1. The number of nitriles is 1. The van der Waals surface area contributed by atoms with Gasteiger partial charge in [0.05, 0.1) is 17.8 Å². The predicted octanol–water partition coefficient (Wildman–Crippen LogP) is 2.20. The third-order valence-electron chi connectivity index (χ3n) is 5.51. The summed E-state index contributed by atoms with van der Waals surface area (Å²) in [4.78, 5) is 41.1. The number of nitrogens with zero attached hydrogens (tertiary/aromatic N) is 6. The normalized spacial score (nSPS) is 13.5.